The lowest BCUT2D eigenvalue weighted by atomic mass is 10.1. The smallest absolute Gasteiger partial charge is 0.251 e. The number of halogens is 1. The van der Waals surface area contributed by atoms with Crippen LogP contribution in [0, 0.1) is 6.92 Å². The van der Waals surface area contributed by atoms with Crippen molar-refractivity contribution in [2.45, 2.75) is 17.6 Å². The van der Waals surface area contributed by atoms with Gasteiger partial charge in [-0.1, -0.05) is 29.8 Å². The van der Waals surface area contributed by atoms with Crippen molar-refractivity contribution < 1.29 is 13.2 Å². The van der Waals surface area contributed by atoms with Gasteiger partial charge in [-0.05, 0) is 42.3 Å². The number of carbonyl (C=O) groups is 1. The van der Waals surface area contributed by atoms with Gasteiger partial charge in [-0.2, -0.15) is 11.8 Å². The first-order chi connectivity index (χ1) is 11.8. The maximum Gasteiger partial charge on any atom is 0.251 e. The van der Waals surface area contributed by atoms with E-state index in [2.05, 4.69) is 5.32 Å². The van der Waals surface area contributed by atoms with E-state index >= 15 is 0 Å². The van der Waals surface area contributed by atoms with E-state index in [4.69, 9.17) is 16.7 Å². The number of amides is 1. The van der Waals surface area contributed by atoms with Crippen LogP contribution in [-0.2, 0) is 15.8 Å². The Kier molecular flexibility index (Phi) is 6.89. The van der Waals surface area contributed by atoms with Crippen LogP contribution in [0.25, 0.3) is 0 Å². The number of primary sulfonamides is 1. The van der Waals surface area contributed by atoms with E-state index in [1.54, 1.807) is 30.8 Å². The van der Waals surface area contributed by atoms with Gasteiger partial charge >= 0.3 is 0 Å². The molecule has 2 aromatic rings. The van der Waals surface area contributed by atoms with Crippen molar-refractivity contribution in [3.05, 3.63) is 64.2 Å². The highest BCUT2D eigenvalue weighted by Gasteiger charge is 2.14. The molecule has 3 N–H and O–H groups in total. The third kappa shape index (κ3) is 6.04. The molecule has 0 heterocycles. The van der Waals surface area contributed by atoms with Crippen LogP contribution in [0.1, 0.15) is 21.5 Å². The number of hydrogen-bond acceptors (Lipinski definition) is 4. The van der Waals surface area contributed by atoms with E-state index in [1.165, 1.54) is 6.07 Å². The fourth-order valence-electron chi connectivity index (χ4n) is 2.16. The lowest BCUT2D eigenvalue weighted by Gasteiger charge is -2.08. The third-order valence-corrected chi connectivity index (χ3v) is 5.81. The SMILES string of the molecule is Cc1ccc(C(=O)NCCSCc2ccc(Cl)cc2)cc1S(N)(=O)=O. The quantitative estimate of drug-likeness (QED) is 0.701. The molecule has 0 bridgehead atoms. The van der Waals surface area contributed by atoms with Crippen molar-refractivity contribution in [1.82, 2.24) is 5.32 Å². The van der Waals surface area contributed by atoms with E-state index in [-0.39, 0.29) is 16.4 Å². The van der Waals surface area contributed by atoms with Gasteiger partial charge in [0.25, 0.3) is 5.91 Å². The summed E-state index contributed by atoms with van der Waals surface area (Å²) in [7, 11) is -3.85. The highest BCUT2D eigenvalue weighted by atomic mass is 35.5. The van der Waals surface area contributed by atoms with Crippen molar-refractivity contribution in [3.8, 4) is 0 Å². The monoisotopic (exact) mass is 398 g/mol. The van der Waals surface area contributed by atoms with Gasteiger partial charge in [0.1, 0.15) is 0 Å². The normalized spacial score (nSPS) is 11.3. The predicted octanol–water partition coefficient (Wildman–Crippen LogP) is 2.96. The largest absolute Gasteiger partial charge is 0.351 e. The maximum absolute atomic E-state index is 12.1. The van der Waals surface area contributed by atoms with Gasteiger partial charge in [-0.15, -0.1) is 0 Å². The van der Waals surface area contributed by atoms with E-state index in [9.17, 15) is 13.2 Å². The summed E-state index contributed by atoms with van der Waals surface area (Å²) in [5.74, 6) is 1.24. The number of thioether (sulfide) groups is 1. The van der Waals surface area contributed by atoms with E-state index in [0.717, 1.165) is 17.1 Å². The molecule has 0 aliphatic carbocycles. The van der Waals surface area contributed by atoms with Crippen molar-refractivity contribution in [2.75, 3.05) is 12.3 Å². The number of sulfonamides is 1. The Morgan fingerprint density at radius 3 is 2.52 bits per heavy atom. The van der Waals surface area contributed by atoms with Gasteiger partial charge < -0.3 is 5.32 Å². The van der Waals surface area contributed by atoms with Crippen LogP contribution in [-0.4, -0.2) is 26.6 Å². The lowest BCUT2D eigenvalue weighted by molar-refractivity contribution is 0.0956. The second-order valence-corrected chi connectivity index (χ2v) is 8.53. The summed E-state index contributed by atoms with van der Waals surface area (Å²) in [6, 6.07) is 12.1. The molecule has 1 amide bonds. The second-order valence-electron chi connectivity index (χ2n) is 5.46. The zero-order chi connectivity index (χ0) is 18.4. The first-order valence-corrected chi connectivity index (χ1v) is 10.6. The van der Waals surface area contributed by atoms with E-state index in [0.29, 0.717) is 17.1 Å². The van der Waals surface area contributed by atoms with Crippen LogP contribution in [0.3, 0.4) is 0 Å². The molecular formula is C17H19ClN2O3S2. The summed E-state index contributed by atoms with van der Waals surface area (Å²) in [6.07, 6.45) is 0. The van der Waals surface area contributed by atoms with Gasteiger partial charge in [0.05, 0.1) is 4.90 Å². The molecular weight excluding hydrogens is 380 g/mol. The maximum atomic E-state index is 12.1. The number of benzene rings is 2. The summed E-state index contributed by atoms with van der Waals surface area (Å²) in [5, 5.41) is 8.64. The summed E-state index contributed by atoms with van der Waals surface area (Å²) in [6.45, 7) is 2.12. The molecule has 0 fully saturated rings. The third-order valence-electron chi connectivity index (χ3n) is 3.47. The average Bonchev–Trinajstić information content (AvgIpc) is 2.55. The number of nitrogens with one attached hydrogen (secondary N) is 1. The van der Waals surface area contributed by atoms with E-state index < -0.39 is 10.0 Å². The number of rotatable bonds is 7. The average molecular weight is 399 g/mol. The van der Waals surface area contributed by atoms with Crippen molar-refractivity contribution in [2.24, 2.45) is 5.14 Å². The van der Waals surface area contributed by atoms with Gasteiger partial charge in [-0.3, -0.25) is 4.79 Å². The fourth-order valence-corrected chi connectivity index (χ4v) is 3.91. The standard InChI is InChI=1S/C17H19ClN2O3S2/c1-12-2-5-14(10-16(12)25(19,22)23)17(21)20-8-9-24-11-13-3-6-15(18)7-4-13/h2-7,10H,8-9,11H2,1H3,(H,20,21)(H2,19,22,23). The molecule has 134 valence electrons. The summed E-state index contributed by atoms with van der Waals surface area (Å²) in [4.78, 5) is 12.1. The Bertz CT molecular complexity index is 853. The Morgan fingerprint density at radius 2 is 1.88 bits per heavy atom. The molecule has 25 heavy (non-hydrogen) atoms. The predicted molar refractivity (Wildman–Crippen MR) is 102 cm³/mol. The molecule has 0 atom stereocenters. The number of nitrogens with two attached hydrogens (primary N) is 1. The fraction of sp³-hybridized carbons (Fsp3) is 0.235. The van der Waals surface area contributed by atoms with Crippen molar-refractivity contribution in [3.63, 3.8) is 0 Å². The summed E-state index contributed by atoms with van der Waals surface area (Å²) in [5.41, 5.74) is 1.95. The van der Waals surface area contributed by atoms with Crippen molar-refractivity contribution >= 4 is 39.3 Å². The number of aryl methyl sites for hydroxylation is 1. The summed E-state index contributed by atoms with van der Waals surface area (Å²) < 4.78 is 23.0. The molecule has 0 saturated heterocycles. The number of carbonyl (C=O) groups excluding carboxylic acids is 1. The Morgan fingerprint density at radius 1 is 1.20 bits per heavy atom. The Balaban J connectivity index is 1.83. The van der Waals surface area contributed by atoms with Crippen molar-refractivity contribution in [1.29, 1.82) is 0 Å². The van der Waals surface area contributed by atoms with Gasteiger partial charge in [-0.25, -0.2) is 13.6 Å². The van der Waals surface area contributed by atoms with Crippen LogP contribution in [0.2, 0.25) is 5.02 Å². The molecule has 0 radical (unpaired) electrons. The molecule has 0 saturated carbocycles. The Labute approximate surface area is 157 Å². The molecule has 0 aliphatic heterocycles. The molecule has 0 spiro atoms. The minimum Gasteiger partial charge on any atom is -0.351 e. The first kappa shape index (κ1) is 19.8. The highest BCUT2D eigenvalue weighted by Crippen LogP contribution is 2.16. The minimum absolute atomic E-state index is 0.0303. The number of hydrogen-bond donors (Lipinski definition) is 2. The molecule has 0 unspecified atom stereocenters. The molecule has 8 heteroatoms. The first-order valence-electron chi connectivity index (χ1n) is 7.51. The second kappa shape index (κ2) is 8.71. The Hall–Kier alpha value is -1.54. The van der Waals surface area contributed by atoms with Crippen LogP contribution >= 0.6 is 23.4 Å². The minimum atomic E-state index is -3.85. The van der Waals surface area contributed by atoms with Crippen LogP contribution in [0.4, 0.5) is 0 Å². The zero-order valence-electron chi connectivity index (χ0n) is 13.7. The highest BCUT2D eigenvalue weighted by molar-refractivity contribution is 7.98. The van der Waals surface area contributed by atoms with E-state index in [1.807, 2.05) is 24.3 Å². The molecule has 2 aromatic carbocycles. The summed E-state index contributed by atoms with van der Waals surface area (Å²) >= 11 is 7.52. The van der Waals surface area contributed by atoms with Crippen LogP contribution < -0.4 is 10.5 Å². The van der Waals surface area contributed by atoms with Gasteiger partial charge in [0.2, 0.25) is 10.0 Å². The molecule has 0 aliphatic rings. The van der Waals surface area contributed by atoms with Gasteiger partial charge in [0, 0.05) is 28.6 Å². The van der Waals surface area contributed by atoms with Crippen LogP contribution in [0.15, 0.2) is 47.4 Å². The molecule has 0 aromatic heterocycles. The topological polar surface area (TPSA) is 89.3 Å². The molecule has 5 nitrogen and oxygen atoms in total. The lowest BCUT2D eigenvalue weighted by Crippen LogP contribution is -2.26. The molecule has 2 rings (SSSR count). The van der Waals surface area contributed by atoms with Gasteiger partial charge in [0.15, 0.2) is 0 Å². The van der Waals surface area contributed by atoms with Crippen LogP contribution in [0.5, 0.6) is 0 Å². The zero-order valence-corrected chi connectivity index (χ0v) is 16.0.